The first-order valence-corrected chi connectivity index (χ1v) is 7.49. The van der Waals surface area contributed by atoms with Gasteiger partial charge in [0.25, 0.3) is 5.91 Å². The molecule has 0 spiro atoms. The van der Waals surface area contributed by atoms with E-state index in [4.69, 9.17) is 0 Å². The average Bonchev–Trinajstić information content (AvgIpc) is 2.89. The number of azo groups is 1. The molecule has 6 nitrogen and oxygen atoms in total. The number of carbonyl (C=O) groups is 1. The number of hydrogen-bond donors (Lipinski definition) is 3. The molecule has 0 radical (unpaired) electrons. The van der Waals surface area contributed by atoms with Gasteiger partial charge in [-0.15, -0.1) is 10.2 Å². The van der Waals surface area contributed by atoms with Crippen LogP contribution in [0.5, 0.6) is 11.6 Å². The number of phenols is 1. The zero-order valence-corrected chi connectivity index (χ0v) is 13.4. The van der Waals surface area contributed by atoms with Crippen molar-refractivity contribution in [3.8, 4) is 11.6 Å². The maximum atomic E-state index is 12.0. The summed E-state index contributed by atoms with van der Waals surface area (Å²) in [6.45, 7) is 3.83. The van der Waals surface area contributed by atoms with Gasteiger partial charge in [-0.2, -0.15) is 0 Å². The van der Waals surface area contributed by atoms with E-state index >= 15 is 0 Å². The van der Waals surface area contributed by atoms with Gasteiger partial charge < -0.3 is 15.2 Å². The van der Waals surface area contributed by atoms with Gasteiger partial charge >= 0.3 is 0 Å². The number of carbonyl (C=O) groups excluding carboxylic acids is 1. The fourth-order valence-corrected chi connectivity index (χ4v) is 2.60. The molecule has 3 N–H and O–H groups in total. The van der Waals surface area contributed by atoms with Crippen LogP contribution < -0.4 is 0 Å². The van der Waals surface area contributed by atoms with Crippen LogP contribution in [0, 0.1) is 13.8 Å². The SMILES string of the molecule is Cc1ccc(C)c2c(N=NC(=O)Cc3ccc(O)cc3)c(O)[nH]c12. The lowest BCUT2D eigenvalue weighted by Crippen LogP contribution is -1.97. The number of fused-ring (bicyclic) bond motifs is 1. The predicted molar refractivity (Wildman–Crippen MR) is 90.8 cm³/mol. The zero-order valence-electron chi connectivity index (χ0n) is 13.4. The van der Waals surface area contributed by atoms with E-state index in [2.05, 4.69) is 15.2 Å². The summed E-state index contributed by atoms with van der Waals surface area (Å²) in [7, 11) is 0. The summed E-state index contributed by atoms with van der Waals surface area (Å²) < 4.78 is 0. The molecule has 1 heterocycles. The summed E-state index contributed by atoms with van der Waals surface area (Å²) in [5.74, 6) is -0.397. The number of H-pyrrole nitrogens is 1. The number of benzene rings is 2. The maximum Gasteiger partial charge on any atom is 0.269 e. The minimum Gasteiger partial charge on any atom is -0.508 e. The van der Waals surface area contributed by atoms with Crippen molar-refractivity contribution in [1.29, 1.82) is 0 Å². The Hall–Kier alpha value is -3.15. The fraction of sp³-hybridized carbons (Fsp3) is 0.167. The molecular formula is C18H17N3O3. The number of hydrogen-bond acceptors (Lipinski definition) is 4. The van der Waals surface area contributed by atoms with Crippen LogP contribution in [-0.4, -0.2) is 21.1 Å². The lowest BCUT2D eigenvalue weighted by atomic mass is 10.1. The number of aromatic nitrogens is 1. The number of aromatic hydroxyl groups is 2. The van der Waals surface area contributed by atoms with Gasteiger partial charge in [-0.3, -0.25) is 4.79 Å². The van der Waals surface area contributed by atoms with Gasteiger partial charge in [-0.1, -0.05) is 24.3 Å². The van der Waals surface area contributed by atoms with Crippen molar-refractivity contribution in [3.05, 3.63) is 53.1 Å². The Kier molecular flexibility index (Phi) is 4.04. The van der Waals surface area contributed by atoms with Crippen LogP contribution in [0.4, 0.5) is 5.69 Å². The largest absolute Gasteiger partial charge is 0.508 e. The minimum atomic E-state index is -0.431. The Morgan fingerprint density at radius 3 is 2.42 bits per heavy atom. The molecule has 0 saturated heterocycles. The molecule has 0 aliphatic carbocycles. The molecule has 2 aromatic carbocycles. The van der Waals surface area contributed by atoms with E-state index in [0.29, 0.717) is 0 Å². The second-order valence-corrected chi connectivity index (χ2v) is 5.71. The molecule has 3 rings (SSSR count). The van der Waals surface area contributed by atoms with Gasteiger partial charge in [0.05, 0.1) is 11.9 Å². The summed E-state index contributed by atoms with van der Waals surface area (Å²) in [6, 6.07) is 10.2. The molecule has 0 fully saturated rings. The van der Waals surface area contributed by atoms with Crippen LogP contribution >= 0.6 is 0 Å². The predicted octanol–water partition coefficient (Wildman–Crippen LogP) is 4.05. The highest BCUT2D eigenvalue weighted by Gasteiger charge is 2.14. The fourth-order valence-electron chi connectivity index (χ4n) is 2.60. The smallest absolute Gasteiger partial charge is 0.269 e. The Morgan fingerprint density at radius 2 is 1.71 bits per heavy atom. The number of aryl methyl sites for hydroxylation is 2. The minimum absolute atomic E-state index is 0.0743. The Morgan fingerprint density at radius 1 is 1.04 bits per heavy atom. The van der Waals surface area contributed by atoms with E-state index in [1.807, 2.05) is 26.0 Å². The molecule has 0 aliphatic heterocycles. The van der Waals surface area contributed by atoms with Crippen molar-refractivity contribution >= 4 is 22.5 Å². The third kappa shape index (κ3) is 2.99. The van der Waals surface area contributed by atoms with E-state index in [0.717, 1.165) is 27.6 Å². The van der Waals surface area contributed by atoms with Gasteiger partial charge in [0, 0.05) is 5.39 Å². The van der Waals surface area contributed by atoms with E-state index in [-0.39, 0.29) is 23.7 Å². The van der Waals surface area contributed by atoms with Crippen LogP contribution in [-0.2, 0) is 11.2 Å². The topological polar surface area (TPSA) is 98.0 Å². The second kappa shape index (κ2) is 6.16. The molecule has 0 unspecified atom stereocenters. The number of nitrogens with zero attached hydrogens (tertiary/aromatic N) is 2. The number of aromatic amines is 1. The van der Waals surface area contributed by atoms with E-state index in [1.54, 1.807) is 12.1 Å². The van der Waals surface area contributed by atoms with Crippen molar-refractivity contribution in [3.63, 3.8) is 0 Å². The number of rotatable bonds is 3. The lowest BCUT2D eigenvalue weighted by Gasteiger charge is -2.00. The van der Waals surface area contributed by atoms with Gasteiger partial charge in [0.1, 0.15) is 5.75 Å². The molecule has 6 heteroatoms. The van der Waals surface area contributed by atoms with Crippen LogP contribution in [0.25, 0.3) is 10.9 Å². The summed E-state index contributed by atoms with van der Waals surface area (Å²) >= 11 is 0. The van der Waals surface area contributed by atoms with Crippen LogP contribution in [0.3, 0.4) is 0 Å². The average molecular weight is 323 g/mol. The molecule has 1 aromatic heterocycles. The summed E-state index contributed by atoms with van der Waals surface area (Å²) in [4.78, 5) is 14.9. The Balaban J connectivity index is 1.88. The quantitative estimate of drug-likeness (QED) is 0.634. The van der Waals surface area contributed by atoms with Gasteiger partial charge in [-0.05, 0) is 42.7 Å². The summed E-state index contributed by atoms with van der Waals surface area (Å²) in [6.07, 6.45) is 0.0743. The van der Waals surface area contributed by atoms with Gasteiger partial charge in [-0.25, -0.2) is 0 Å². The molecule has 3 aromatic rings. The highest BCUT2D eigenvalue weighted by molar-refractivity contribution is 5.98. The molecule has 122 valence electrons. The third-order valence-corrected chi connectivity index (χ3v) is 3.88. The number of amides is 1. The third-order valence-electron chi connectivity index (χ3n) is 3.88. The summed E-state index contributed by atoms with van der Waals surface area (Å²) in [5.41, 5.74) is 3.69. The summed E-state index contributed by atoms with van der Waals surface area (Å²) in [5, 5.41) is 27.7. The normalized spacial score (nSPS) is 11.4. The zero-order chi connectivity index (χ0) is 17.3. The first kappa shape index (κ1) is 15.7. The standard InChI is InChI=1S/C18H17N3O3/c1-10-3-4-11(2)16-15(10)17(18(24)19-16)21-20-14(23)9-12-5-7-13(22)8-6-12/h3-8,19,22,24H,9H2,1-2H3. The van der Waals surface area contributed by atoms with Crippen LogP contribution in [0.1, 0.15) is 16.7 Å². The van der Waals surface area contributed by atoms with E-state index in [1.165, 1.54) is 12.1 Å². The Bertz CT molecular complexity index is 940. The first-order chi connectivity index (χ1) is 11.5. The second-order valence-electron chi connectivity index (χ2n) is 5.71. The maximum absolute atomic E-state index is 12.0. The molecular weight excluding hydrogens is 306 g/mol. The van der Waals surface area contributed by atoms with Crippen LogP contribution in [0.2, 0.25) is 0 Å². The number of nitrogens with one attached hydrogen (secondary N) is 1. The molecule has 0 bridgehead atoms. The van der Waals surface area contributed by atoms with Crippen molar-refractivity contribution in [2.45, 2.75) is 20.3 Å². The monoisotopic (exact) mass is 323 g/mol. The van der Waals surface area contributed by atoms with Crippen molar-refractivity contribution in [1.82, 2.24) is 4.98 Å². The molecule has 0 aliphatic rings. The van der Waals surface area contributed by atoms with Crippen LogP contribution in [0.15, 0.2) is 46.6 Å². The van der Waals surface area contributed by atoms with E-state index in [9.17, 15) is 15.0 Å². The highest BCUT2D eigenvalue weighted by Crippen LogP contribution is 2.38. The molecule has 1 amide bonds. The lowest BCUT2D eigenvalue weighted by molar-refractivity contribution is -0.117. The highest BCUT2D eigenvalue weighted by atomic mass is 16.3. The van der Waals surface area contributed by atoms with Crippen molar-refractivity contribution < 1.29 is 15.0 Å². The van der Waals surface area contributed by atoms with Crippen molar-refractivity contribution in [2.24, 2.45) is 10.2 Å². The molecule has 24 heavy (non-hydrogen) atoms. The first-order valence-electron chi connectivity index (χ1n) is 7.49. The van der Waals surface area contributed by atoms with Crippen molar-refractivity contribution in [2.75, 3.05) is 0 Å². The number of phenolic OH excluding ortho intramolecular Hbond substituents is 1. The van der Waals surface area contributed by atoms with Gasteiger partial charge in [0.15, 0.2) is 5.69 Å². The van der Waals surface area contributed by atoms with Gasteiger partial charge in [0.2, 0.25) is 5.88 Å². The van der Waals surface area contributed by atoms with E-state index < -0.39 is 5.91 Å². The molecule has 0 atom stereocenters. The molecule has 0 saturated carbocycles. The Labute approximate surface area is 138 Å².